The predicted octanol–water partition coefficient (Wildman–Crippen LogP) is 5.85. The number of carbonyl (C=O) groups is 3. The third-order valence-electron chi connectivity index (χ3n) is 4.81. The maximum atomic E-state index is 12.9. The molecule has 3 aromatic rings. The molecule has 0 aliphatic carbocycles. The van der Waals surface area contributed by atoms with Gasteiger partial charge in [0.15, 0.2) is 34.5 Å². The van der Waals surface area contributed by atoms with E-state index < -0.39 is 37.5 Å². The monoisotopic (exact) mass is 1220 g/mol. The van der Waals surface area contributed by atoms with Crippen LogP contribution in [0.5, 0.6) is 34.5 Å². The minimum absolute atomic E-state index is 0.0562. The van der Waals surface area contributed by atoms with Crippen LogP contribution in [0.25, 0.3) is 0 Å². The van der Waals surface area contributed by atoms with Gasteiger partial charge in [-0.2, -0.15) is 0 Å². The summed E-state index contributed by atoms with van der Waals surface area (Å²) in [6.07, 6.45) is 0. The second-order valence-electron chi connectivity index (χ2n) is 7.69. The van der Waals surface area contributed by atoms with E-state index in [4.69, 9.17) is 14.2 Å². The molecule has 0 bridgehead atoms. The molecule has 3 aromatic carbocycles. The summed E-state index contributed by atoms with van der Waals surface area (Å²) in [6, 6.07) is 9.91. The van der Waals surface area contributed by atoms with E-state index in [1.165, 1.54) is 0 Å². The van der Waals surface area contributed by atoms with Gasteiger partial charge in [-0.3, -0.25) is 19.3 Å². The Kier molecular flexibility index (Phi) is 13.3. The molecule has 0 atom stereocenters. The summed E-state index contributed by atoms with van der Waals surface area (Å²) >= 11 is 11.4. The number of benzene rings is 3. The molecule has 0 amide bonds. The summed E-state index contributed by atoms with van der Waals surface area (Å²) in [4.78, 5) is 39.7. The van der Waals surface area contributed by atoms with E-state index in [0.29, 0.717) is 21.4 Å². The largest absolute Gasteiger partial charge is 0.503 e. The standard InChI is InChI=1S/C24H15I6NO9/c25-10-1-4-13(28)22(19(10)35)38-16(32)7-31(8-17(33)39-23-14(29)5-2-11(26)20(23)36)9-18(34)40-24-15(30)6-3-12(27)21(24)37/h1-6,35-37H,7-9H2. The first-order valence-corrected chi connectivity index (χ1v) is 17.1. The molecule has 40 heavy (non-hydrogen) atoms. The zero-order chi connectivity index (χ0) is 29.7. The predicted molar refractivity (Wildman–Crippen MR) is 194 cm³/mol. The molecule has 0 aromatic heterocycles. The Morgan fingerprint density at radius 1 is 0.500 bits per heavy atom. The van der Waals surface area contributed by atoms with Crippen LogP contribution in [0.4, 0.5) is 0 Å². The van der Waals surface area contributed by atoms with Gasteiger partial charge in [0, 0.05) is 0 Å². The van der Waals surface area contributed by atoms with Crippen LogP contribution >= 0.6 is 136 Å². The molecule has 0 radical (unpaired) electrons. The van der Waals surface area contributed by atoms with Crippen molar-refractivity contribution in [1.29, 1.82) is 0 Å². The van der Waals surface area contributed by atoms with Gasteiger partial charge in [-0.25, -0.2) is 0 Å². The van der Waals surface area contributed by atoms with Crippen molar-refractivity contribution < 1.29 is 43.9 Å². The van der Waals surface area contributed by atoms with Gasteiger partial charge in [0.25, 0.3) is 0 Å². The molecule has 0 fully saturated rings. The second kappa shape index (κ2) is 15.5. The molecule has 0 saturated heterocycles. The third kappa shape index (κ3) is 9.15. The van der Waals surface area contributed by atoms with Crippen molar-refractivity contribution in [3.05, 3.63) is 57.8 Å². The van der Waals surface area contributed by atoms with E-state index in [1.807, 2.05) is 136 Å². The molecule has 0 spiro atoms. The molecule has 0 unspecified atom stereocenters. The van der Waals surface area contributed by atoms with Gasteiger partial charge >= 0.3 is 17.9 Å². The summed E-state index contributed by atoms with van der Waals surface area (Å²) < 4.78 is 18.9. The van der Waals surface area contributed by atoms with Crippen LogP contribution in [0.15, 0.2) is 36.4 Å². The van der Waals surface area contributed by atoms with Gasteiger partial charge in [-0.15, -0.1) is 0 Å². The van der Waals surface area contributed by atoms with Crippen LogP contribution in [0, 0.1) is 21.4 Å². The van der Waals surface area contributed by atoms with Gasteiger partial charge in [0.05, 0.1) is 41.1 Å². The fraction of sp³-hybridized carbons (Fsp3) is 0.125. The number of rotatable bonds is 9. The normalized spacial score (nSPS) is 10.9. The van der Waals surface area contributed by atoms with E-state index in [1.54, 1.807) is 36.4 Å². The average molecular weight is 1220 g/mol. The molecule has 0 heterocycles. The molecule has 3 N–H and O–H groups in total. The van der Waals surface area contributed by atoms with Crippen LogP contribution in [0.1, 0.15) is 0 Å². The van der Waals surface area contributed by atoms with Crippen LogP contribution in [0.2, 0.25) is 0 Å². The number of esters is 3. The highest BCUT2D eigenvalue weighted by Crippen LogP contribution is 2.37. The van der Waals surface area contributed by atoms with E-state index >= 15 is 0 Å². The number of carbonyl (C=O) groups excluding carboxylic acids is 3. The lowest BCUT2D eigenvalue weighted by Gasteiger charge is -2.20. The van der Waals surface area contributed by atoms with E-state index in [2.05, 4.69) is 0 Å². The smallest absolute Gasteiger partial charge is 0.325 e. The maximum Gasteiger partial charge on any atom is 0.325 e. The quantitative estimate of drug-likeness (QED) is 0.136. The minimum Gasteiger partial charge on any atom is -0.503 e. The zero-order valence-corrected chi connectivity index (χ0v) is 32.5. The number of aromatic hydroxyl groups is 3. The Morgan fingerprint density at radius 3 is 0.975 bits per heavy atom. The number of phenolic OH excluding ortho intramolecular Hbond substituents is 3. The lowest BCUT2D eigenvalue weighted by Crippen LogP contribution is -2.42. The van der Waals surface area contributed by atoms with Crippen LogP contribution in [-0.4, -0.2) is 57.8 Å². The molecule has 0 aliphatic rings. The summed E-state index contributed by atoms with van der Waals surface area (Å²) in [6.45, 7) is -1.68. The van der Waals surface area contributed by atoms with Crippen LogP contribution in [0.3, 0.4) is 0 Å². The number of halogens is 6. The first-order valence-electron chi connectivity index (χ1n) is 10.6. The van der Waals surface area contributed by atoms with Crippen molar-refractivity contribution >= 4 is 153 Å². The minimum atomic E-state index is -0.866. The van der Waals surface area contributed by atoms with E-state index in [9.17, 15) is 29.7 Å². The number of ether oxygens (including phenoxy) is 3. The number of hydrogen-bond donors (Lipinski definition) is 3. The molecule has 3 rings (SSSR count). The molecule has 0 saturated carbocycles. The zero-order valence-electron chi connectivity index (χ0n) is 19.6. The van der Waals surface area contributed by atoms with Crippen LogP contribution in [-0.2, 0) is 14.4 Å². The molecule has 212 valence electrons. The molecule has 10 nitrogen and oxygen atoms in total. The lowest BCUT2D eigenvalue weighted by molar-refractivity contribution is -0.142. The fourth-order valence-corrected chi connectivity index (χ4v) is 5.92. The Bertz CT molecular complexity index is 1310. The number of phenols is 3. The Labute approximate surface area is 309 Å². The van der Waals surface area contributed by atoms with Gasteiger partial charge in [-0.05, 0) is 172 Å². The van der Waals surface area contributed by atoms with Crippen molar-refractivity contribution in [2.45, 2.75) is 0 Å². The van der Waals surface area contributed by atoms with Crippen molar-refractivity contribution in [1.82, 2.24) is 4.90 Å². The number of nitrogens with zero attached hydrogens (tertiary/aromatic N) is 1. The Hall–Kier alpha value is -0.190. The van der Waals surface area contributed by atoms with Crippen molar-refractivity contribution in [3.63, 3.8) is 0 Å². The van der Waals surface area contributed by atoms with E-state index in [-0.39, 0.29) is 34.5 Å². The van der Waals surface area contributed by atoms with Crippen molar-refractivity contribution in [3.8, 4) is 34.5 Å². The van der Waals surface area contributed by atoms with Crippen molar-refractivity contribution in [2.75, 3.05) is 19.6 Å². The molecule has 0 aliphatic heterocycles. The van der Waals surface area contributed by atoms with Crippen molar-refractivity contribution in [2.24, 2.45) is 0 Å². The number of hydrogen-bond acceptors (Lipinski definition) is 10. The topological polar surface area (TPSA) is 143 Å². The highest BCUT2D eigenvalue weighted by Gasteiger charge is 2.25. The second-order valence-corrected chi connectivity index (χ2v) is 14.7. The molecule has 16 heteroatoms. The molecular formula is C24H15I6NO9. The summed E-state index contributed by atoms with van der Waals surface area (Å²) in [5, 5.41) is 31.0. The average Bonchev–Trinajstić information content (AvgIpc) is 2.89. The van der Waals surface area contributed by atoms with Gasteiger partial charge in [0.1, 0.15) is 0 Å². The highest BCUT2D eigenvalue weighted by molar-refractivity contribution is 14.1. The van der Waals surface area contributed by atoms with E-state index in [0.717, 1.165) is 4.90 Å². The lowest BCUT2D eigenvalue weighted by atomic mass is 10.3. The first kappa shape index (κ1) is 34.3. The third-order valence-corrected chi connectivity index (χ3v) is 9.97. The Morgan fingerprint density at radius 2 is 0.725 bits per heavy atom. The summed E-state index contributed by atoms with van der Waals surface area (Å²) in [7, 11) is 0. The summed E-state index contributed by atoms with van der Waals surface area (Å²) in [5.41, 5.74) is 0. The van der Waals surface area contributed by atoms with Gasteiger partial charge in [-0.1, -0.05) is 0 Å². The SMILES string of the molecule is O=C(CN(CC(=O)Oc1c(I)ccc(I)c1O)CC(=O)Oc1c(I)ccc(I)c1O)Oc1c(I)ccc(I)c1O. The summed E-state index contributed by atoms with van der Waals surface area (Å²) in [5.74, 6) is -3.44. The maximum absolute atomic E-state index is 12.9. The first-order chi connectivity index (χ1) is 18.8. The van der Waals surface area contributed by atoms with Gasteiger partial charge < -0.3 is 29.5 Å². The van der Waals surface area contributed by atoms with Gasteiger partial charge in [0.2, 0.25) is 0 Å². The highest BCUT2D eigenvalue weighted by atomic mass is 127. The van der Waals surface area contributed by atoms with Crippen LogP contribution < -0.4 is 14.2 Å². The fourth-order valence-electron chi connectivity index (χ4n) is 3.01. The molecular weight excluding hydrogens is 1210 g/mol. The Balaban J connectivity index is 1.81.